The van der Waals surface area contributed by atoms with Crippen LogP contribution in [-0.4, -0.2) is 42.8 Å². The molecule has 0 spiro atoms. The van der Waals surface area contributed by atoms with Gasteiger partial charge >= 0.3 is 0 Å². The van der Waals surface area contributed by atoms with E-state index in [-0.39, 0.29) is 11.7 Å². The van der Waals surface area contributed by atoms with Crippen LogP contribution >= 0.6 is 0 Å². The van der Waals surface area contributed by atoms with Gasteiger partial charge in [-0.3, -0.25) is 4.90 Å². The molecule has 1 unspecified atom stereocenters. The molecule has 3 heteroatoms. The van der Waals surface area contributed by atoms with Crippen molar-refractivity contribution >= 4 is 0 Å². The zero-order valence-electron chi connectivity index (χ0n) is 12.3. The van der Waals surface area contributed by atoms with Crippen LogP contribution in [0.2, 0.25) is 0 Å². The van der Waals surface area contributed by atoms with Gasteiger partial charge in [0.25, 0.3) is 0 Å². The minimum atomic E-state index is -0.0516. The standard InChI is InChI=1S/C14H30N2O/c1-13(2,3)7-6-8-16-10-12(9-15)17-14(4,5)11-16/h12H,6-11,15H2,1-5H3. The van der Waals surface area contributed by atoms with E-state index in [1.807, 2.05) is 0 Å². The van der Waals surface area contributed by atoms with E-state index in [1.165, 1.54) is 19.4 Å². The Bertz CT molecular complexity index is 233. The van der Waals surface area contributed by atoms with Crippen molar-refractivity contribution in [1.82, 2.24) is 4.90 Å². The van der Waals surface area contributed by atoms with Crippen molar-refractivity contribution in [3.05, 3.63) is 0 Å². The molecule has 2 N–H and O–H groups in total. The van der Waals surface area contributed by atoms with E-state index < -0.39 is 0 Å². The summed E-state index contributed by atoms with van der Waals surface area (Å²) in [5.74, 6) is 0. The second-order valence-electron chi connectivity index (χ2n) is 7.13. The Morgan fingerprint density at radius 1 is 1.35 bits per heavy atom. The monoisotopic (exact) mass is 242 g/mol. The van der Waals surface area contributed by atoms with Crippen molar-refractivity contribution in [2.24, 2.45) is 11.1 Å². The second-order valence-corrected chi connectivity index (χ2v) is 7.13. The fourth-order valence-electron chi connectivity index (χ4n) is 2.54. The van der Waals surface area contributed by atoms with Crippen LogP contribution in [0.1, 0.15) is 47.5 Å². The van der Waals surface area contributed by atoms with Crippen molar-refractivity contribution in [1.29, 1.82) is 0 Å². The SMILES string of the molecule is CC(C)(C)CCCN1CC(CN)OC(C)(C)C1. The Hall–Kier alpha value is -0.120. The van der Waals surface area contributed by atoms with E-state index in [1.54, 1.807) is 0 Å². The van der Waals surface area contributed by atoms with E-state index in [0.29, 0.717) is 12.0 Å². The van der Waals surface area contributed by atoms with Gasteiger partial charge in [0.1, 0.15) is 0 Å². The number of ether oxygens (including phenoxy) is 1. The number of nitrogens with zero attached hydrogens (tertiary/aromatic N) is 1. The first kappa shape index (κ1) is 14.9. The quantitative estimate of drug-likeness (QED) is 0.822. The summed E-state index contributed by atoms with van der Waals surface area (Å²) in [5.41, 5.74) is 6.12. The van der Waals surface area contributed by atoms with Crippen LogP contribution in [0.3, 0.4) is 0 Å². The van der Waals surface area contributed by atoms with Crippen molar-refractivity contribution < 1.29 is 4.74 Å². The molecule has 0 bridgehead atoms. The second kappa shape index (κ2) is 5.68. The highest BCUT2D eigenvalue weighted by Crippen LogP contribution is 2.23. The molecule has 17 heavy (non-hydrogen) atoms. The molecule has 1 rings (SSSR count). The van der Waals surface area contributed by atoms with Crippen LogP contribution in [0.15, 0.2) is 0 Å². The zero-order valence-corrected chi connectivity index (χ0v) is 12.3. The molecule has 1 saturated heterocycles. The van der Waals surface area contributed by atoms with Crippen LogP contribution in [0, 0.1) is 5.41 Å². The van der Waals surface area contributed by atoms with E-state index in [0.717, 1.165) is 13.1 Å². The van der Waals surface area contributed by atoms with E-state index in [4.69, 9.17) is 10.5 Å². The van der Waals surface area contributed by atoms with E-state index >= 15 is 0 Å². The van der Waals surface area contributed by atoms with Gasteiger partial charge in [-0.1, -0.05) is 20.8 Å². The summed E-state index contributed by atoms with van der Waals surface area (Å²) in [4.78, 5) is 2.51. The number of hydrogen-bond donors (Lipinski definition) is 1. The molecule has 0 aromatic heterocycles. The number of nitrogens with two attached hydrogens (primary N) is 1. The third-order valence-electron chi connectivity index (χ3n) is 3.22. The first-order valence-corrected chi connectivity index (χ1v) is 6.82. The predicted octanol–water partition coefficient (Wildman–Crippen LogP) is 2.25. The van der Waals surface area contributed by atoms with Gasteiger partial charge in [0.15, 0.2) is 0 Å². The molecule has 0 aliphatic carbocycles. The summed E-state index contributed by atoms with van der Waals surface area (Å²) < 4.78 is 5.93. The molecule has 1 atom stereocenters. The van der Waals surface area contributed by atoms with Gasteiger partial charge in [-0.05, 0) is 38.6 Å². The smallest absolute Gasteiger partial charge is 0.0831 e. The number of hydrogen-bond acceptors (Lipinski definition) is 3. The van der Waals surface area contributed by atoms with E-state index in [9.17, 15) is 0 Å². The largest absolute Gasteiger partial charge is 0.368 e. The highest BCUT2D eigenvalue weighted by molar-refractivity contribution is 4.84. The molecule has 0 saturated carbocycles. The van der Waals surface area contributed by atoms with Crippen LogP contribution in [0.25, 0.3) is 0 Å². The minimum Gasteiger partial charge on any atom is -0.368 e. The maximum absolute atomic E-state index is 5.93. The Labute approximate surface area is 107 Å². The lowest BCUT2D eigenvalue weighted by molar-refractivity contribution is -0.132. The molecular formula is C14H30N2O. The van der Waals surface area contributed by atoms with Gasteiger partial charge in [-0.15, -0.1) is 0 Å². The fourth-order valence-corrected chi connectivity index (χ4v) is 2.54. The number of morpholine rings is 1. The minimum absolute atomic E-state index is 0.0516. The molecule has 1 aliphatic rings. The topological polar surface area (TPSA) is 38.5 Å². The average molecular weight is 242 g/mol. The fraction of sp³-hybridized carbons (Fsp3) is 1.00. The summed E-state index contributed by atoms with van der Waals surface area (Å²) in [6, 6.07) is 0. The van der Waals surface area contributed by atoms with Gasteiger partial charge in [0, 0.05) is 19.6 Å². The van der Waals surface area contributed by atoms with Gasteiger partial charge in [0.05, 0.1) is 11.7 Å². The molecule has 0 aromatic rings. The highest BCUT2D eigenvalue weighted by atomic mass is 16.5. The lowest BCUT2D eigenvalue weighted by Crippen LogP contribution is -2.54. The number of rotatable bonds is 4. The van der Waals surface area contributed by atoms with Crippen molar-refractivity contribution in [3.8, 4) is 0 Å². The summed E-state index contributed by atoms with van der Waals surface area (Å²) in [6.07, 6.45) is 2.74. The molecule has 1 heterocycles. The summed E-state index contributed by atoms with van der Waals surface area (Å²) >= 11 is 0. The third kappa shape index (κ3) is 5.84. The van der Waals surface area contributed by atoms with Gasteiger partial charge < -0.3 is 10.5 Å². The van der Waals surface area contributed by atoms with Crippen LogP contribution in [0.5, 0.6) is 0 Å². The molecule has 0 radical (unpaired) electrons. The van der Waals surface area contributed by atoms with Gasteiger partial charge in [0.2, 0.25) is 0 Å². The van der Waals surface area contributed by atoms with Crippen LogP contribution < -0.4 is 5.73 Å². The van der Waals surface area contributed by atoms with Crippen LogP contribution in [0.4, 0.5) is 0 Å². The molecule has 102 valence electrons. The van der Waals surface area contributed by atoms with Gasteiger partial charge in [-0.25, -0.2) is 0 Å². The maximum Gasteiger partial charge on any atom is 0.0831 e. The summed E-state index contributed by atoms with van der Waals surface area (Å²) in [7, 11) is 0. The Balaban J connectivity index is 2.37. The Morgan fingerprint density at radius 3 is 2.53 bits per heavy atom. The van der Waals surface area contributed by atoms with Crippen LogP contribution in [-0.2, 0) is 4.74 Å². The van der Waals surface area contributed by atoms with Crippen molar-refractivity contribution in [2.45, 2.75) is 59.2 Å². The zero-order chi connectivity index (χ0) is 13.1. The van der Waals surface area contributed by atoms with Gasteiger partial charge in [-0.2, -0.15) is 0 Å². The lowest BCUT2D eigenvalue weighted by atomic mass is 9.90. The molecule has 0 amide bonds. The van der Waals surface area contributed by atoms with E-state index in [2.05, 4.69) is 39.5 Å². The lowest BCUT2D eigenvalue weighted by Gasteiger charge is -2.42. The van der Waals surface area contributed by atoms with Crippen molar-refractivity contribution in [3.63, 3.8) is 0 Å². The molecule has 1 aliphatic heterocycles. The summed E-state index contributed by atoms with van der Waals surface area (Å²) in [5, 5.41) is 0. The highest BCUT2D eigenvalue weighted by Gasteiger charge is 2.32. The molecule has 0 aromatic carbocycles. The maximum atomic E-state index is 5.93. The molecular weight excluding hydrogens is 212 g/mol. The first-order chi connectivity index (χ1) is 7.72. The average Bonchev–Trinajstić information content (AvgIpc) is 2.13. The van der Waals surface area contributed by atoms with Crippen molar-refractivity contribution in [2.75, 3.05) is 26.2 Å². The Morgan fingerprint density at radius 2 is 2.00 bits per heavy atom. The predicted molar refractivity (Wildman–Crippen MR) is 73.1 cm³/mol. The normalized spacial score (nSPS) is 26.1. The molecule has 1 fully saturated rings. The summed E-state index contributed by atoms with van der Waals surface area (Å²) in [6.45, 7) is 15.0. The first-order valence-electron chi connectivity index (χ1n) is 6.82. The molecule has 3 nitrogen and oxygen atoms in total. The third-order valence-corrected chi connectivity index (χ3v) is 3.22. The Kier molecular flexibility index (Phi) is 4.99.